The minimum Gasteiger partial charge on any atom is -0.313 e. The van der Waals surface area contributed by atoms with Gasteiger partial charge in [-0.3, -0.25) is 0 Å². The molecule has 4 heteroatoms. The Morgan fingerprint density at radius 3 is 2.67 bits per heavy atom. The van der Waals surface area contributed by atoms with Gasteiger partial charge in [0.05, 0.1) is 0 Å². The highest BCUT2D eigenvalue weighted by molar-refractivity contribution is 7.99. The van der Waals surface area contributed by atoms with E-state index >= 15 is 0 Å². The summed E-state index contributed by atoms with van der Waals surface area (Å²) < 4.78 is 0. The van der Waals surface area contributed by atoms with Crippen molar-refractivity contribution >= 4 is 11.8 Å². The van der Waals surface area contributed by atoms with E-state index in [-0.39, 0.29) is 5.41 Å². The molecule has 3 nitrogen and oxygen atoms in total. The molecule has 0 amide bonds. The smallest absolute Gasteiger partial charge is 0.187 e. The first-order valence-corrected chi connectivity index (χ1v) is 7.58. The maximum Gasteiger partial charge on any atom is 0.187 e. The van der Waals surface area contributed by atoms with Crippen molar-refractivity contribution in [2.24, 2.45) is 5.41 Å². The van der Waals surface area contributed by atoms with Gasteiger partial charge in [-0.25, -0.2) is 9.97 Å². The first-order valence-electron chi connectivity index (χ1n) is 6.59. The van der Waals surface area contributed by atoms with Crippen molar-refractivity contribution in [3.05, 3.63) is 18.0 Å². The van der Waals surface area contributed by atoms with Crippen molar-refractivity contribution in [3.8, 4) is 0 Å². The fraction of sp³-hybridized carbons (Fsp3) is 0.714. The number of rotatable bonds is 6. The number of thioether (sulfide) groups is 1. The number of nitrogens with zero attached hydrogens (tertiary/aromatic N) is 2. The topological polar surface area (TPSA) is 37.8 Å². The summed E-state index contributed by atoms with van der Waals surface area (Å²) in [6.07, 6.45) is 2.99. The van der Waals surface area contributed by atoms with E-state index in [2.05, 4.69) is 43.0 Å². The van der Waals surface area contributed by atoms with Crippen LogP contribution in [0.5, 0.6) is 0 Å². The lowest BCUT2D eigenvalue weighted by Gasteiger charge is -2.31. The minimum absolute atomic E-state index is 0.256. The van der Waals surface area contributed by atoms with Gasteiger partial charge in [0.2, 0.25) is 0 Å². The van der Waals surface area contributed by atoms with Crippen LogP contribution >= 0.6 is 11.8 Å². The van der Waals surface area contributed by atoms with E-state index in [0.29, 0.717) is 6.04 Å². The summed E-state index contributed by atoms with van der Waals surface area (Å²) in [4.78, 5) is 8.73. The molecule has 0 saturated heterocycles. The number of hydrogen-bond donors (Lipinski definition) is 1. The molecule has 0 spiro atoms. The summed E-state index contributed by atoms with van der Waals surface area (Å²) in [7, 11) is 0. The molecule has 0 aromatic carbocycles. The summed E-state index contributed by atoms with van der Waals surface area (Å²) in [5.41, 5.74) is 1.28. The summed E-state index contributed by atoms with van der Waals surface area (Å²) in [5, 5.41) is 4.50. The van der Waals surface area contributed by atoms with Crippen LogP contribution in [0.1, 0.15) is 39.8 Å². The Morgan fingerprint density at radius 2 is 2.11 bits per heavy atom. The van der Waals surface area contributed by atoms with Gasteiger partial charge in [0.15, 0.2) is 5.16 Å². The van der Waals surface area contributed by atoms with E-state index in [1.54, 1.807) is 11.8 Å². The van der Waals surface area contributed by atoms with Crippen LogP contribution in [-0.4, -0.2) is 28.3 Å². The maximum absolute atomic E-state index is 4.43. The second-order valence-corrected chi connectivity index (χ2v) is 6.65. The Hall–Kier alpha value is -0.610. The summed E-state index contributed by atoms with van der Waals surface area (Å²) in [5.74, 6) is 1.01. The second kappa shape index (κ2) is 7.10. The van der Waals surface area contributed by atoms with Gasteiger partial charge in [-0.15, -0.1) is 0 Å². The van der Waals surface area contributed by atoms with Crippen LogP contribution in [0.15, 0.2) is 17.4 Å². The van der Waals surface area contributed by atoms with Crippen molar-refractivity contribution < 1.29 is 0 Å². The van der Waals surface area contributed by atoms with Gasteiger partial charge in [-0.05, 0) is 31.4 Å². The van der Waals surface area contributed by atoms with Gasteiger partial charge >= 0.3 is 0 Å². The van der Waals surface area contributed by atoms with Crippen LogP contribution in [0.3, 0.4) is 0 Å². The van der Waals surface area contributed by atoms with E-state index in [0.717, 1.165) is 29.6 Å². The maximum atomic E-state index is 4.43. The number of aromatic nitrogens is 2. The first-order chi connectivity index (χ1) is 8.43. The fourth-order valence-electron chi connectivity index (χ4n) is 1.59. The highest BCUT2D eigenvalue weighted by Gasteiger charge is 2.24. The predicted octanol–water partition coefficient (Wildman–Crippen LogP) is 3.29. The normalized spacial score (nSPS) is 13.6. The number of hydrogen-bond acceptors (Lipinski definition) is 4. The quantitative estimate of drug-likeness (QED) is 0.634. The highest BCUT2D eigenvalue weighted by atomic mass is 32.2. The summed E-state index contributed by atoms with van der Waals surface area (Å²) in [6, 6.07) is 2.41. The third-order valence-corrected chi connectivity index (χ3v) is 3.79. The van der Waals surface area contributed by atoms with E-state index in [4.69, 9.17) is 0 Å². The molecular weight excluding hydrogens is 242 g/mol. The molecule has 0 aliphatic rings. The van der Waals surface area contributed by atoms with Crippen molar-refractivity contribution in [2.75, 3.05) is 12.3 Å². The van der Waals surface area contributed by atoms with Gasteiger partial charge in [-0.1, -0.05) is 39.5 Å². The zero-order chi connectivity index (χ0) is 13.6. The third-order valence-electron chi connectivity index (χ3n) is 2.84. The third kappa shape index (κ3) is 5.36. The molecule has 0 saturated carbocycles. The van der Waals surface area contributed by atoms with Crippen LogP contribution in [-0.2, 0) is 0 Å². The summed E-state index contributed by atoms with van der Waals surface area (Å²) in [6.45, 7) is 12.1. The average Bonchev–Trinajstić information content (AvgIpc) is 2.27. The first kappa shape index (κ1) is 15.4. The molecule has 102 valence electrons. The Labute approximate surface area is 115 Å². The molecule has 1 N–H and O–H groups in total. The van der Waals surface area contributed by atoms with Gasteiger partial charge in [-0.2, -0.15) is 0 Å². The van der Waals surface area contributed by atoms with Crippen LogP contribution < -0.4 is 5.32 Å². The van der Waals surface area contributed by atoms with Crippen molar-refractivity contribution in [3.63, 3.8) is 0 Å². The largest absolute Gasteiger partial charge is 0.313 e. The molecule has 1 rings (SSSR count). The van der Waals surface area contributed by atoms with E-state index in [1.807, 2.05) is 19.2 Å². The standard InChI is InChI=1S/C14H25N3S/c1-6-8-15-12(14(3,4)5)10-18-13-16-9-7-11(2)17-13/h7,9,12,15H,6,8,10H2,1-5H3. The molecule has 0 bridgehead atoms. The van der Waals surface area contributed by atoms with E-state index < -0.39 is 0 Å². The van der Waals surface area contributed by atoms with Gasteiger partial charge in [0.25, 0.3) is 0 Å². The molecule has 1 unspecified atom stereocenters. The van der Waals surface area contributed by atoms with Crippen LogP contribution in [0.4, 0.5) is 0 Å². The lowest BCUT2D eigenvalue weighted by molar-refractivity contribution is 0.291. The molecule has 0 aliphatic heterocycles. The monoisotopic (exact) mass is 267 g/mol. The Bertz CT molecular complexity index is 360. The minimum atomic E-state index is 0.256. The molecule has 1 aromatic heterocycles. The fourth-order valence-corrected chi connectivity index (χ4v) is 2.86. The molecule has 1 atom stereocenters. The molecule has 0 aliphatic carbocycles. The zero-order valence-corrected chi connectivity index (χ0v) is 13.0. The van der Waals surface area contributed by atoms with E-state index in [1.165, 1.54) is 0 Å². The predicted molar refractivity (Wildman–Crippen MR) is 79.0 cm³/mol. The molecule has 0 fully saturated rings. The summed E-state index contributed by atoms with van der Waals surface area (Å²) >= 11 is 1.74. The Balaban J connectivity index is 2.56. The van der Waals surface area contributed by atoms with E-state index in [9.17, 15) is 0 Å². The molecule has 1 aromatic rings. The molecule has 0 radical (unpaired) electrons. The van der Waals surface area contributed by atoms with Crippen LogP contribution in [0.25, 0.3) is 0 Å². The Morgan fingerprint density at radius 1 is 1.39 bits per heavy atom. The number of nitrogens with one attached hydrogen (secondary N) is 1. The van der Waals surface area contributed by atoms with Crippen molar-refractivity contribution in [1.29, 1.82) is 0 Å². The number of aryl methyl sites for hydroxylation is 1. The van der Waals surface area contributed by atoms with Crippen molar-refractivity contribution in [2.45, 2.75) is 52.2 Å². The van der Waals surface area contributed by atoms with Gasteiger partial charge in [0, 0.05) is 23.7 Å². The molecular formula is C14H25N3S. The lowest BCUT2D eigenvalue weighted by atomic mass is 9.88. The van der Waals surface area contributed by atoms with Gasteiger partial charge in [0.1, 0.15) is 0 Å². The van der Waals surface area contributed by atoms with Crippen molar-refractivity contribution in [1.82, 2.24) is 15.3 Å². The molecule has 1 heterocycles. The lowest BCUT2D eigenvalue weighted by Crippen LogP contribution is -2.42. The van der Waals surface area contributed by atoms with Crippen LogP contribution in [0.2, 0.25) is 0 Å². The average molecular weight is 267 g/mol. The second-order valence-electron chi connectivity index (χ2n) is 5.66. The molecule has 18 heavy (non-hydrogen) atoms. The zero-order valence-electron chi connectivity index (χ0n) is 12.2. The Kier molecular flexibility index (Phi) is 6.09. The SMILES string of the molecule is CCCNC(CSc1nccc(C)n1)C(C)(C)C. The van der Waals surface area contributed by atoms with Crippen LogP contribution in [0, 0.1) is 12.3 Å². The van der Waals surface area contributed by atoms with Gasteiger partial charge < -0.3 is 5.32 Å². The highest BCUT2D eigenvalue weighted by Crippen LogP contribution is 2.25.